The lowest BCUT2D eigenvalue weighted by atomic mass is 10.1. The predicted octanol–water partition coefficient (Wildman–Crippen LogP) is 9.77. The molecular formula is C39H40N8O2S2. The second kappa shape index (κ2) is 15.1. The average molecular weight is 717 g/mol. The van der Waals surface area contributed by atoms with Crippen molar-refractivity contribution in [1.29, 1.82) is 0 Å². The molecule has 8 aromatic rings. The number of hydrogen-bond acceptors (Lipinski definition) is 10. The summed E-state index contributed by atoms with van der Waals surface area (Å²) in [5, 5.41) is 26.2. The standard InChI is InChI=1S/2C19H18N4OS.CH4/c1-12-4-5-14(10-13(12)2)21-17-7-8-18-20-11-15(23(18)22-17)16-6-9-19(24-3)25-16;1-12-3-4-14(9-13(12)2)21-18-7-8-19-20-10-16(23(19)22-18)17-6-5-15(11-24)25-17;/h4-11H,1-3H3,(H,21,22);3-10,24H,11H2,1-2H3,(H,21,22);1H4. The lowest BCUT2D eigenvalue weighted by Gasteiger charge is -2.08. The van der Waals surface area contributed by atoms with Crippen molar-refractivity contribution in [1.82, 2.24) is 29.2 Å². The number of aromatic nitrogens is 6. The molecule has 0 bridgehead atoms. The van der Waals surface area contributed by atoms with Crippen LogP contribution in [0.5, 0.6) is 5.06 Å². The Morgan fingerprint density at radius 2 is 1.14 bits per heavy atom. The first-order valence-corrected chi connectivity index (χ1v) is 17.6. The average Bonchev–Trinajstić information content (AvgIpc) is 3.94. The number of imidazole rings is 2. The number of nitrogens with one attached hydrogen (secondary N) is 2. The SMILES string of the molecule is C.COc1ccc(-c2cnc3ccc(Nc4ccc(C)c(C)c4)nn23)s1.Cc1ccc(Nc2ccc3ncc(-c4ccc(CO)s4)n3n2)cc1C. The summed E-state index contributed by atoms with van der Waals surface area (Å²) in [6.45, 7) is 8.46. The lowest BCUT2D eigenvalue weighted by molar-refractivity contribution is 0.285. The van der Waals surface area contributed by atoms with Crippen molar-refractivity contribution in [2.45, 2.75) is 41.7 Å². The molecule has 0 spiro atoms. The molecule has 0 aliphatic carbocycles. The van der Waals surface area contributed by atoms with E-state index in [0.29, 0.717) is 0 Å². The molecule has 3 N–H and O–H groups in total. The van der Waals surface area contributed by atoms with Gasteiger partial charge >= 0.3 is 0 Å². The van der Waals surface area contributed by atoms with E-state index in [-0.39, 0.29) is 14.0 Å². The van der Waals surface area contributed by atoms with Crippen molar-refractivity contribution < 1.29 is 9.84 Å². The summed E-state index contributed by atoms with van der Waals surface area (Å²) in [5.41, 5.74) is 10.5. The van der Waals surface area contributed by atoms with Gasteiger partial charge in [0.25, 0.3) is 0 Å². The van der Waals surface area contributed by atoms with E-state index in [2.05, 4.69) is 89.8 Å². The number of aliphatic hydroxyl groups is 1. The number of aliphatic hydroxyl groups excluding tert-OH is 1. The minimum atomic E-state index is 0. The number of nitrogens with zero attached hydrogens (tertiary/aromatic N) is 6. The highest BCUT2D eigenvalue weighted by molar-refractivity contribution is 7.17. The largest absolute Gasteiger partial charge is 0.487 e. The third-order valence-electron chi connectivity index (χ3n) is 8.39. The van der Waals surface area contributed by atoms with Crippen LogP contribution in [0.1, 0.15) is 34.6 Å². The van der Waals surface area contributed by atoms with E-state index >= 15 is 0 Å². The smallest absolute Gasteiger partial charge is 0.173 e. The van der Waals surface area contributed by atoms with E-state index in [9.17, 15) is 5.11 Å². The first kappa shape index (κ1) is 35.3. The van der Waals surface area contributed by atoms with Crippen LogP contribution in [-0.2, 0) is 6.61 Å². The molecule has 0 atom stereocenters. The third-order valence-corrected chi connectivity index (χ3v) is 10.5. The van der Waals surface area contributed by atoms with Gasteiger partial charge in [0.1, 0.15) is 11.4 Å². The van der Waals surface area contributed by atoms with Crippen molar-refractivity contribution in [2.24, 2.45) is 0 Å². The lowest BCUT2D eigenvalue weighted by Crippen LogP contribution is -2.00. The first-order chi connectivity index (χ1) is 24.3. The summed E-state index contributed by atoms with van der Waals surface area (Å²) in [5.74, 6) is 1.53. The Hall–Kier alpha value is -5.56. The minimum Gasteiger partial charge on any atom is -0.487 e. The van der Waals surface area contributed by atoms with Crippen LogP contribution in [0, 0.1) is 27.7 Å². The van der Waals surface area contributed by atoms with Crippen LogP contribution in [0.2, 0.25) is 0 Å². The number of methoxy groups -OCH3 is 1. The maximum Gasteiger partial charge on any atom is 0.173 e. The molecule has 0 aliphatic heterocycles. The van der Waals surface area contributed by atoms with Gasteiger partial charge in [-0.15, -0.1) is 21.5 Å². The van der Waals surface area contributed by atoms with Crippen LogP contribution >= 0.6 is 22.7 Å². The number of ether oxygens (including phenoxy) is 1. The van der Waals surface area contributed by atoms with Gasteiger partial charge in [-0.1, -0.05) is 30.9 Å². The van der Waals surface area contributed by atoms with Crippen LogP contribution in [0.15, 0.2) is 97.3 Å². The zero-order valence-electron chi connectivity index (χ0n) is 28.3. The van der Waals surface area contributed by atoms with Gasteiger partial charge in [-0.3, -0.25) is 0 Å². The Morgan fingerprint density at radius 1 is 0.627 bits per heavy atom. The summed E-state index contributed by atoms with van der Waals surface area (Å²) in [7, 11) is 1.67. The molecule has 0 fully saturated rings. The fraction of sp³-hybridized carbons (Fsp3) is 0.179. The molecule has 51 heavy (non-hydrogen) atoms. The number of anilines is 4. The number of rotatable bonds is 8. The van der Waals surface area contributed by atoms with Crippen LogP contribution in [0.3, 0.4) is 0 Å². The summed E-state index contributed by atoms with van der Waals surface area (Å²) in [4.78, 5) is 11.9. The van der Waals surface area contributed by atoms with E-state index in [1.807, 2.05) is 70.0 Å². The van der Waals surface area contributed by atoms with Crippen LogP contribution in [0.4, 0.5) is 23.0 Å². The van der Waals surface area contributed by atoms with Crippen LogP contribution in [0.25, 0.3) is 32.4 Å². The number of fused-ring (bicyclic) bond motifs is 2. The highest BCUT2D eigenvalue weighted by Crippen LogP contribution is 2.33. The van der Waals surface area contributed by atoms with E-state index < -0.39 is 0 Å². The molecule has 260 valence electrons. The summed E-state index contributed by atoms with van der Waals surface area (Å²) < 4.78 is 8.97. The molecule has 0 aliphatic rings. The van der Waals surface area contributed by atoms with Gasteiger partial charge in [-0.05, 0) is 123 Å². The molecule has 12 heteroatoms. The second-order valence-electron chi connectivity index (χ2n) is 11.9. The van der Waals surface area contributed by atoms with Gasteiger partial charge in [0.2, 0.25) is 0 Å². The summed E-state index contributed by atoms with van der Waals surface area (Å²) in [6, 6.07) is 28.2. The van der Waals surface area contributed by atoms with Gasteiger partial charge in [-0.2, -0.15) is 0 Å². The molecule has 0 saturated heterocycles. The number of thiophene rings is 2. The van der Waals surface area contributed by atoms with Gasteiger partial charge < -0.3 is 20.5 Å². The van der Waals surface area contributed by atoms with E-state index in [1.54, 1.807) is 29.8 Å². The zero-order valence-corrected chi connectivity index (χ0v) is 29.9. The maximum absolute atomic E-state index is 9.27. The molecule has 6 aromatic heterocycles. The Kier molecular flexibility index (Phi) is 10.5. The predicted molar refractivity (Wildman–Crippen MR) is 210 cm³/mol. The molecule has 8 rings (SSSR count). The van der Waals surface area contributed by atoms with Crippen LogP contribution < -0.4 is 15.4 Å². The third kappa shape index (κ3) is 7.63. The Balaban J connectivity index is 0.000000172. The van der Waals surface area contributed by atoms with E-state index in [4.69, 9.17) is 9.84 Å². The zero-order chi connectivity index (χ0) is 34.8. The van der Waals surface area contributed by atoms with Crippen molar-refractivity contribution >= 4 is 57.0 Å². The highest BCUT2D eigenvalue weighted by Gasteiger charge is 2.13. The van der Waals surface area contributed by atoms with E-state index in [1.165, 1.54) is 22.3 Å². The highest BCUT2D eigenvalue weighted by atomic mass is 32.1. The number of benzene rings is 2. The Bertz CT molecular complexity index is 2270. The van der Waals surface area contributed by atoms with E-state index in [0.717, 1.165) is 65.4 Å². The fourth-order valence-electron chi connectivity index (χ4n) is 5.32. The first-order valence-electron chi connectivity index (χ1n) is 16.0. The van der Waals surface area contributed by atoms with Crippen molar-refractivity contribution in [2.75, 3.05) is 17.7 Å². The molecule has 0 radical (unpaired) electrons. The quantitative estimate of drug-likeness (QED) is 0.142. The minimum absolute atomic E-state index is 0. The topological polar surface area (TPSA) is 114 Å². The second-order valence-corrected chi connectivity index (χ2v) is 14.1. The molecule has 10 nitrogen and oxygen atoms in total. The van der Waals surface area contributed by atoms with Crippen molar-refractivity contribution in [3.05, 3.63) is 124 Å². The van der Waals surface area contributed by atoms with Gasteiger partial charge in [0.05, 0.1) is 35.9 Å². The molecular weight excluding hydrogens is 677 g/mol. The molecule has 0 unspecified atom stereocenters. The molecule has 6 heterocycles. The normalized spacial score (nSPS) is 10.9. The summed E-state index contributed by atoms with van der Waals surface area (Å²) in [6.07, 6.45) is 3.66. The Morgan fingerprint density at radius 3 is 1.59 bits per heavy atom. The Labute approximate surface area is 305 Å². The van der Waals surface area contributed by atoms with Gasteiger partial charge in [-0.25, -0.2) is 19.0 Å². The molecule has 0 amide bonds. The van der Waals surface area contributed by atoms with Crippen molar-refractivity contribution in [3.8, 4) is 26.2 Å². The van der Waals surface area contributed by atoms with Gasteiger partial charge in [0, 0.05) is 16.3 Å². The number of hydrogen-bond donors (Lipinski definition) is 3. The monoisotopic (exact) mass is 716 g/mol. The summed E-state index contributed by atoms with van der Waals surface area (Å²) >= 11 is 3.12. The maximum atomic E-state index is 9.27. The fourth-order valence-corrected chi connectivity index (χ4v) is 7.00. The van der Waals surface area contributed by atoms with Crippen LogP contribution in [-0.4, -0.2) is 41.4 Å². The number of aryl methyl sites for hydroxylation is 4. The van der Waals surface area contributed by atoms with Gasteiger partial charge in [0.15, 0.2) is 28.0 Å². The molecule has 0 saturated carbocycles. The van der Waals surface area contributed by atoms with Crippen molar-refractivity contribution in [3.63, 3.8) is 0 Å². The molecule has 2 aromatic carbocycles.